The van der Waals surface area contributed by atoms with E-state index in [-0.39, 0.29) is 5.57 Å². The molecule has 8 heteroatoms. The minimum absolute atomic E-state index is 0.0682. The van der Waals surface area contributed by atoms with Crippen LogP contribution in [-0.4, -0.2) is 12.5 Å². The minimum atomic E-state index is -0.539. The maximum Gasteiger partial charge on any atom is 0.266 e. The molecular weight excluding hydrogens is 539 g/mol. The van der Waals surface area contributed by atoms with Crippen LogP contribution in [0.4, 0.5) is 5.69 Å². The maximum atomic E-state index is 12.7. The number of carbonyl (C=O) groups excluding carboxylic acids is 1. The summed E-state index contributed by atoms with van der Waals surface area (Å²) in [5, 5.41) is 13.5. The summed E-state index contributed by atoms with van der Waals surface area (Å²) in [7, 11) is 0. The van der Waals surface area contributed by atoms with Gasteiger partial charge in [-0.2, -0.15) is 5.26 Å². The Balaban J connectivity index is 1.86. The van der Waals surface area contributed by atoms with Crippen molar-refractivity contribution >= 4 is 56.8 Å². The smallest absolute Gasteiger partial charge is 0.266 e. The first-order valence-corrected chi connectivity index (χ1v) is 11.9. The van der Waals surface area contributed by atoms with Crippen LogP contribution in [0.1, 0.15) is 23.6 Å². The van der Waals surface area contributed by atoms with E-state index in [9.17, 15) is 10.1 Å². The van der Waals surface area contributed by atoms with Gasteiger partial charge in [0, 0.05) is 15.7 Å². The van der Waals surface area contributed by atoms with Crippen molar-refractivity contribution in [1.82, 2.24) is 0 Å². The zero-order chi connectivity index (χ0) is 24.7. The molecule has 0 fully saturated rings. The molecule has 1 N–H and O–H groups in total. The summed E-state index contributed by atoms with van der Waals surface area (Å²) in [5.41, 5.74) is 2.70. The Kier molecular flexibility index (Phi) is 9.00. The maximum absolute atomic E-state index is 12.7. The molecule has 0 unspecified atom stereocenters. The van der Waals surface area contributed by atoms with Gasteiger partial charge in [0.05, 0.1) is 11.1 Å². The van der Waals surface area contributed by atoms with Gasteiger partial charge in [0.2, 0.25) is 0 Å². The first-order valence-electron chi connectivity index (χ1n) is 10.3. The Morgan fingerprint density at radius 1 is 1.15 bits per heavy atom. The molecule has 0 heterocycles. The number of nitrogens with zero attached hydrogens (tertiary/aromatic N) is 1. The fraction of sp³-hybridized carbons (Fsp3) is 0.154. The second-order valence-electron chi connectivity index (χ2n) is 7.22. The van der Waals surface area contributed by atoms with E-state index in [1.807, 2.05) is 31.2 Å². The van der Waals surface area contributed by atoms with Crippen LogP contribution in [-0.2, 0) is 11.4 Å². The molecule has 0 aliphatic rings. The molecule has 0 bridgehead atoms. The third-order valence-corrected chi connectivity index (χ3v) is 6.03. The lowest BCUT2D eigenvalue weighted by molar-refractivity contribution is -0.112. The topological polar surface area (TPSA) is 71.3 Å². The average molecular weight is 560 g/mol. The highest BCUT2D eigenvalue weighted by Gasteiger charge is 2.15. The van der Waals surface area contributed by atoms with Gasteiger partial charge in [0.25, 0.3) is 5.91 Å². The summed E-state index contributed by atoms with van der Waals surface area (Å²) in [6, 6.07) is 18.0. The SMILES string of the molecule is CCOc1cc(/C=C(\C#N)C(=O)Nc2cccc(Cl)c2C)cc(Br)c1OCc1cccc(Cl)c1. The standard InChI is InChI=1S/C26H21BrCl2N2O3/c1-3-33-24-13-18(12-21(27)25(24)34-15-17-6-4-7-20(28)11-17)10-19(14-30)26(32)31-23-9-5-8-22(29)16(23)2/h4-13H,3,15H2,1-2H3,(H,31,32)/b19-10+. The molecule has 3 aromatic rings. The number of nitriles is 1. The highest BCUT2D eigenvalue weighted by molar-refractivity contribution is 9.10. The number of amides is 1. The molecule has 0 spiro atoms. The zero-order valence-corrected chi connectivity index (χ0v) is 21.6. The largest absolute Gasteiger partial charge is 0.490 e. The van der Waals surface area contributed by atoms with Crippen molar-refractivity contribution in [3.63, 3.8) is 0 Å². The molecule has 0 atom stereocenters. The third kappa shape index (κ3) is 6.54. The van der Waals surface area contributed by atoms with Crippen molar-refractivity contribution < 1.29 is 14.3 Å². The fourth-order valence-corrected chi connectivity index (χ4v) is 4.07. The van der Waals surface area contributed by atoms with Crippen LogP contribution in [0.3, 0.4) is 0 Å². The number of benzene rings is 3. The van der Waals surface area contributed by atoms with E-state index >= 15 is 0 Å². The van der Waals surface area contributed by atoms with E-state index in [4.69, 9.17) is 32.7 Å². The lowest BCUT2D eigenvalue weighted by Gasteiger charge is -2.15. The number of halogens is 3. The van der Waals surface area contributed by atoms with Gasteiger partial charge in [-0.15, -0.1) is 0 Å². The van der Waals surface area contributed by atoms with Gasteiger partial charge in [-0.3, -0.25) is 4.79 Å². The van der Waals surface area contributed by atoms with Gasteiger partial charge < -0.3 is 14.8 Å². The van der Waals surface area contributed by atoms with Crippen LogP contribution in [0, 0.1) is 18.3 Å². The van der Waals surface area contributed by atoms with Crippen molar-refractivity contribution in [1.29, 1.82) is 5.26 Å². The molecular formula is C26H21BrCl2N2O3. The molecule has 3 rings (SSSR count). The number of hydrogen-bond donors (Lipinski definition) is 1. The average Bonchev–Trinajstić information content (AvgIpc) is 2.80. The first-order chi connectivity index (χ1) is 16.3. The normalized spacial score (nSPS) is 11.0. The number of hydrogen-bond acceptors (Lipinski definition) is 4. The van der Waals surface area contributed by atoms with Gasteiger partial charge in [0.15, 0.2) is 11.5 Å². The minimum Gasteiger partial charge on any atom is -0.490 e. The van der Waals surface area contributed by atoms with Gasteiger partial charge in [0.1, 0.15) is 18.2 Å². The van der Waals surface area contributed by atoms with Crippen molar-refractivity contribution in [2.24, 2.45) is 0 Å². The summed E-state index contributed by atoms with van der Waals surface area (Å²) in [5.74, 6) is 0.452. The summed E-state index contributed by atoms with van der Waals surface area (Å²) >= 11 is 15.7. The lowest BCUT2D eigenvalue weighted by Crippen LogP contribution is -2.14. The fourth-order valence-electron chi connectivity index (χ4n) is 3.10. The molecule has 0 aromatic heterocycles. The molecule has 0 saturated carbocycles. The summed E-state index contributed by atoms with van der Waals surface area (Å²) in [6.07, 6.45) is 1.49. The van der Waals surface area contributed by atoms with Crippen molar-refractivity contribution in [3.8, 4) is 17.6 Å². The van der Waals surface area contributed by atoms with E-state index in [1.165, 1.54) is 6.08 Å². The molecule has 5 nitrogen and oxygen atoms in total. The number of carbonyl (C=O) groups is 1. The van der Waals surface area contributed by atoms with Crippen LogP contribution in [0.2, 0.25) is 10.0 Å². The van der Waals surface area contributed by atoms with E-state index in [2.05, 4.69) is 21.2 Å². The monoisotopic (exact) mass is 558 g/mol. The molecule has 0 radical (unpaired) electrons. The molecule has 0 aliphatic heterocycles. The van der Waals surface area contributed by atoms with Crippen molar-refractivity contribution in [3.05, 3.63) is 91.4 Å². The molecule has 1 amide bonds. The highest BCUT2D eigenvalue weighted by Crippen LogP contribution is 2.38. The van der Waals surface area contributed by atoms with Crippen LogP contribution in [0.15, 0.2) is 64.6 Å². The zero-order valence-electron chi connectivity index (χ0n) is 18.5. The van der Waals surface area contributed by atoms with Crippen LogP contribution >= 0.6 is 39.1 Å². The summed E-state index contributed by atoms with van der Waals surface area (Å²) < 4.78 is 12.4. The Morgan fingerprint density at radius 2 is 1.91 bits per heavy atom. The van der Waals surface area contributed by atoms with E-state index in [0.29, 0.717) is 50.5 Å². The van der Waals surface area contributed by atoms with Gasteiger partial charge >= 0.3 is 0 Å². The number of nitrogens with one attached hydrogen (secondary N) is 1. The van der Waals surface area contributed by atoms with E-state index in [0.717, 1.165) is 11.1 Å². The molecule has 34 heavy (non-hydrogen) atoms. The molecule has 0 aliphatic carbocycles. The number of anilines is 1. The number of rotatable bonds is 8. The summed E-state index contributed by atoms with van der Waals surface area (Å²) in [6.45, 7) is 4.35. The molecule has 3 aromatic carbocycles. The number of ether oxygens (including phenoxy) is 2. The van der Waals surface area contributed by atoms with Crippen molar-refractivity contribution in [2.75, 3.05) is 11.9 Å². The van der Waals surface area contributed by atoms with E-state index in [1.54, 1.807) is 43.3 Å². The second-order valence-corrected chi connectivity index (χ2v) is 8.92. The molecule has 174 valence electrons. The predicted molar refractivity (Wildman–Crippen MR) is 140 cm³/mol. The Labute approximate surface area is 217 Å². The quantitative estimate of drug-likeness (QED) is 0.228. The van der Waals surface area contributed by atoms with Crippen LogP contribution in [0.25, 0.3) is 6.08 Å². The Morgan fingerprint density at radius 3 is 2.62 bits per heavy atom. The predicted octanol–water partition coefficient (Wildman–Crippen LogP) is 7.59. The van der Waals surface area contributed by atoms with Gasteiger partial charge in [-0.25, -0.2) is 0 Å². The third-order valence-electron chi connectivity index (χ3n) is 4.80. The van der Waals surface area contributed by atoms with Gasteiger partial charge in [-0.1, -0.05) is 41.4 Å². The van der Waals surface area contributed by atoms with Gasteiger partial charge in [-0.05, 0) is 88.9 Å². The van der Waals surface area contributed by atoms with Crippen LogP contribution < -0.4 is 14.8 Å². The summed E-state index contributed by atoms with van der Waals surface area (Å²) in [4.78, 5) is 12.7. The van der Waals surface area contributed by atoms with Crippen molar-refractivity contribution in [2.45, 2.75) is 20.5 Å². The second kappa shape index (κ2) is 11.9. The lowest BCUT2D eigenvalue weighted by atomic mass is 10.1. The Hall–Kier alpha value is -2.98. The Bertz CT molecular complexity index is 1290. The van der Waals surface area contributed by atoms with Crippen LogP contribution in [0.5, 0.6) is 11.5 Å². The first kappa shape index (κ1) is 25.6. The van der Waals surface area contributed by atoms with E-state index < -0.39 is 5.91 Å². The highest BCUT2D eigenvalue weighted by atomic mass is 79.9. The molecule has 0 saturated heterocycles.